The van der Waals surface area contributed by atoms with Crippen molar-refractivity contribution in [1.82, 2.24) is 20.7 Å². The molecule has 0 unspecified atom stereocenters. The van der Waals surface area contributed by atoms with Crippen molar-refractivity contribution in [1.29, 1.82) is 0 Å². The van der Waals surface area contributed by atoms with Gasteiger partial charge in [0.2, 0.25) is 0 Å². The quantitative estimate of drug-likeness (QED) is 0.170. The fraction of sp³-hybridized carbons (Fsp3) is 0.581. The van der Waals surface area contributed by atoms with Crippen molar-refractivity contribution < 1.29 is 22.8 Å². The Morgan fingerprint density at radius 3 is 1.93 bits per heavy atom. The number of hydrogen-bond donors (Lipinski definition) is 4. The lowest BCUT2D eigenvalue weighted by Crippen LogP contribution is -2.55. The Morgan fingerprint density at radius 2 is 1.45 bits per heavy atom. The molecule has 246 valence electrons. The van der Waals surface area contributed by atoms with E-state index in [9.17, 15) is 18.8 Å². The van der Waals surface area contributed by atoms with Crippen molar-refractivity contribution in [3.8, 4) is 0 Å². The fourth-order valence-electron chi connectivity index (χ4n) is 3.52. The normalized spacial score (nSPS) is 12.7. The summed E-state index contributed by atoms with van der Waals surface area (Å²) in [5.41, 5.74) is 5.44. The van der Waals surface area contributed by atoms with Crippen LogP contribution in [0.3, 0.4) is 0 Å². The molecule has 2 aromatic rings. The minimum absolute atomic E-state index is 0.0173. The highest BCUT2D eigenvalue weighted by Crippen LogP contribution is 2.38. The molecule has 13 heteroatoms. The molecular weight excluding hydrogens is 598 g/mol. The third-order valence-corrected chi connectivity index (χ3v) is 17.7. The number of rotatable bonds is 11. The van der Waals surface area contributed by atoms with Gasteiger partial charge in [-0.25, -0.2) is 14.6 Å². The summed E-state index contributed by atoms with van der Waals surface area (Å²) in [6.45, 7) is 23.9. The van der Waals surface area contributed by atoms with Gasteiger partial charge < -0.3 is 24.1 Å². The Morgan fingerprint density at radius 1 is 0.909 bits per heavy atom. The summed E-state index contributed by atoms with van der Waals surface area (Å²) in [7, 11) is -2.74. The molecule has 0 aliphatic heterocycles. The number of aromatic nitrogens is 1. The van der Waals surface area contributed by atoms with Gasteiger partial charge in [-0.15, -0.1) is 0 Å². The molecule has 0 aliphatic rings. The van der Waals surface area contributed by atoms with Gasteiger partial charge in [-0.05, 0) is 60.4 Å². The number of anilines is 2. The number of carbonyl (C=O) groups is 2. The first-order valence-corrected chi connectivity index (χ1v) is 20.8. The van der Waals surface area contributed by atoms with Crippen molar-refractivity contribution >= 4 is 39.9 Å². The molecule has 0 spiro atoms. The summed E-state index contributed by atoms with van der Waals surface area (Å²) in [6.07, 6.45) is 1.98. The van der Waals surface area contributed by atoms with Gasteiger partial charge in [-0.1, -0.05) is 54.5 Å². The number of amides is 3. The van der Waals surface area contributed by atoms with E-state index in [0.29, 0.717) is 6.42 Å². The van der Waals surface area contributed by atoms with E-state index < -0.39 is 46.0 Å². The third-order valence-electron chi connectivity index (χ3n) is 8.71. The van der Waals surface area contributed by atoms with Crippen LogP contribution in [-0.4, -0.2) is 52.4 Å². The number of hydrogen-bond acceptors (Lipinski definition) is 6. The summed E-state index contributed by atoms with van der Waals surface area (Å²) in [5, 5.41) is 5.68. The second-order valence-electron chi connectivity index (χ2n) is 14.2. The molecule has 0 saturated heterocycles. The standard InChI is InChI=1S/C31H52FN5O5Si2/c1-13-21-14-15-25(24(32)16-21)34-26-17-27(38)37(8)18-23(26)28(39)35-36-29(40)33-22(19-41-43(9,10)30(2,3)4)20-42-44(11,12)31(5,6)7/h14-18,22,34H,13,19-20H2,1-12H3,(H,35,39)(H2,33,36,40). The molecule has 1 aromatic heterocycles. The molecule has 1 aromatic carbocycles. The highest BCUT2D eigenvalue weighted by Gasteiger charge is 2.40. The van der Waals surface area contributed by atoms with Gasteiger partial charge in [0, 0.05) is 19.3 Å². The summed E-state index contributed by atoms with van der Waals surface area (Å²) >= 11 is 0. The van der Waals surface area contributed by atoms with E-state index in [1.54, 1.807) is 12.1 Å². The maximum absolute atomic E-state index is 14.7. The number of nitrogens with zero attached hydrogens (tertiary/aromatic N) is 1. The zero-order valence-corrected chi connectivity index (χ0v) is 30.5. The topological polar surface area (TPSA) is 123 Å². The second-order valence-corrected chi connectivity index (χ2v) is 23.9. The first-order valence-electron chi connectivity index (χ1n) is 15.0. The highest BCUT2D eigenvalue weighted by molar-refractivity contribution is 6.74. The van der Waals surface area contributed by atoms with E-state index in [-0.39, 0.29) is 40.2 Å². The van der Waals surface area contributed by atoms with Crippen LogP contribution >= 0.6 is 0 Å². The van der Waals surface area contributed by atoms with Crippen molar-refractivity contribution in [2.45, 2.75) is 97.2 Å². The second kappa shape index (κ2) is 14.4. The highest BCUT2D eigenvalue weighted by atomic mass is 28.4. The number of pyridine rings is 1. The first-order chi connectivity index (χ1) is 20.1. The molecule has 0 radical (unpaired) electrons. The number of carbonyl (C=O) groups excluding carboxylic acids is 2. The summed E-state index contributed by atoms with van der Waals surface area (Å²) in [6, 6.07) is 4.79. The van der Waals surface area contributed by atoms with Crippen molar-refractivity contribution in [3.63, 3.8) is 0 Å². The summed E-state index contributed by atoms with van der Waals surface area (Å²) in [5.74, 6) is -1.21. The molecule has 4 N–H and O–H groups in total. The van der Waals surface area contributed by atoms with E-state index in [1.807, 2.05) is 6.92 Å². The fourth-order valence-corrected chi connectivity index (χ4v) is 5.63. The molecule has 0 bridgehead atoms. The van der Waals surface area contributed by atoms with Gasteiger partial charge in [-0.3, -0.25) is 15.0 Å². The maximum atomic E-state index is 14.7. The largest absolute Gasteiger partial charge is 0.415 e. The smallest absolute Gasteiger partial charge is 0.333 e. The molecule has 2 rings (SSSR count). The van der Waals surface area contributed by atoms with E-state index in [4.69, 9.17) is 8.85 Å². The van der Waals surface area contributed by atoms with Crippen molar-refractivity contribution in [2.24, 2.45) is 7.05 Å². The summed E-state index contributed by atoms with van der Waals surface area (Å²) < 4.78 is 28.7. The van der Waals surface area contributed by atoms with Crippen molar-refractivity contribution in [2.75, 3.05) is 18.5 Å². The van der Waals surface area contributed by atoms with E-state index >= 15 is 0 Å². The average molecular weight is 650 g/mol. The lowest BCUT2D eigenvalue weighted by molar-refractivity contribution is 0.0934. The number of aryl methyl sites for hydroxylation is 2. The molecular formula is C31H52FN5O5Si2. The van der Waals surface area contributed by atoms with Crippen LogP contribution in [0, 0.1) is 5.82 Å². The van der Waals surface area contributed by atoms with Gasteiger partial charge in [0.1, 0.15) is 5.82 Å². The Labute approximate surface area is 263 Å². The van der Waals surface area contributed by atoms with Gasteiger partial charge in [0.25, 0.3) is 11.5 Å². The predicted octanol–water partition coefficient (Wildman–Crippen LogP) is 6.19. The SMILES string of the molecule is CCc1ccc(Nc2cc(=O)n(C)cc2C(=O)NNC(=O)NC(CO[Si](C)(C)C(C)(C)C)CO[Si](C)(C)C(C)(C)C)c(F)c1. The van der Waals surface area contributed by atoms with Crippen LogP contribution in [0.15, 0.2) is 35.3 Å². The number of nitrogens with one attached hydrogen (secondary N) is 4. The van der Waals surface area contributed by atoms with Crippen molar-refractivity contribution in [3.05, 3.63) is 57.8 Å². The van der Waals surface area contributed by atoms with Crippen LogP contribution in [0.1, 0.15) is 64.4 Å². The van der Waals surface area contributed by atoms with Crippen LogP contribution in [0.4, 0.5) is 20.6 Å². The van der Waals surface area contributed by atoms with E-state index in [2.05, 4.69) is 89.2 Å². The minimum atomic E-state index is -2.12. The van der Waals surface area contributed by atoms with Crippen LogP contribution in [0.5, 0.6) is 0 Å². The molecule has 44 heavy (non-hydrogen) atoms. The number of urea groups is 1. The number of halogens is 1. The van der Waals surface area contributed by atoms with Crippen LogP contribution in [-0.2, 0) is 22.3 Å². The first kappa shape index (κ1) is 37.2. The van der Waals surface area contributed by atoms with Gasteiger partial charge in [-0.2, -0.15) is 0 Å². The van der Waals surface area contributed by atoms with Gasteiger partial charge >= 0.3 is 6.03 Å². The average Bonchev–Trinajstić information content (AvgIpc) is 2.90. The lowest BCUT2D eigenvalue weighted by Gasteiger charge is -2.39. The predicted molar refractivity (Wildman–Crippen MR) is 180 cm³/mol. The van der Waals surface area contributed by atoms with E-state index in [1.165, 1.54) is 29.9 Å². The van der Waals surface area contributed by atoms with Gasteiger partial charge in [0.05, 0.1) is 36.2 Å². The molecule has 1 heterocycles. The van der Waals surface area contributed by atoms with Crippen LogP contribution in [0.2, 0.25) is 36.3 Å². The lowest BCUT2D eigenvalue weighted by atomic mass is 10.1. The number of hydrazine groups is 1. The Balaban J connectivity index is 2.19. The van der Waals surface area contributed by atoms with E-state index in [0.717, 1.165) is 5.56 Å². The third kappa shape index (κ3) is 10.0. The Bertz CT molecular complexity index is 1350. The molecule has 10 nitrogen and oxygen atoms in total. The monoisotopic (exact) mass is 649 g/mol. The molecule has 0 fully saturated rings. The van der Waals surface area contributed by atoms with Gasteiger partial charge in [0.15, 0.2) is 16.6 Å². The Kier molecular flexibility index (Phi) is 12.2. The maximum Gasteiger partial charge on any atom is 0.333 e. The summed E-state index contributed by atoms with van der Waals surface area (Å²) in [4.78, 5) is 38.5. The molecule has 0 atom stereocenters. The van der Waals surface area contributed by atoms with Crippen LogP contribution in [0.25, 0.3) is 0 Å². The zero-order valence-electron chi connectivity index (χ0n) is 28.5. The zero-order chi connectivity index (χ0) is 33.7. The molecule has 0 aliphatic carbocycles. The van der Waals surface area contributed by atoms with Crippen LogP contribution < -0.4 is 27.0 Å². The minimum Gasteiger partial charge on any atom is -0.415 e. The molecule has 0 saturated carbocycles. The number of benzene rings is 1. The Hall–Kier alpha value is -3.01. The molecule has 3 amide bonds.